The number of aromatic nitrogens is 2. The first-order valence-electron chi connectivity index (χ1n) is 8.71. The summed E-state index contributed by atoms with van der Waals surface area (Å²) in [6.07, 6.45) is 0.306. The number of anilines is 1. The Balaban J connectivity index is 1.73. The number of amides is 1. The lowest BCUT2D eigenvalue weighted by Gasteiger charge is -2.16. The fourth-order valence-electron chi connectivity index (χ4n) is 2.86. The van der Waals surface area contributed by atoms with Gasteiger partial charge in [-0.1, -0.05) is 36.5 Å². The molecule has 0 aliphatic heterocycles. The molecule has 2 aromatic heterocycles. The summed E-state index contributed by atoms with van der Waals surface area (Å²) in [4.78, 5) is 13.6. The van der Waals surface area contributed by atoms with Gasteiger partial charge in [-0.3, -0.25) is 10.2 Å². The van der Waals surface area contributed by atoms with Crippen molar-refractivity contribution in [2.45, 2.75) is 33.5 Å². The Morgan fingerprint density at radius 1 is 1.41 bits per heavy atom. The second-order valence-corrected chi connectivity index (χ2v) is 7.65. The van der Waals surface area contributed by atoms with E-state index in [2.05, 4.69) is 28.3 Å². The molecular weight excluding hydrogens is 384 g/mol. The topological polar surface area (TPSA) is 72.5 Å². The third-order valence-corrected chi connectivity index (χ3v) is 5.22. The number of para-hydroxylation sites is 1. The second kappa shape index (κ2) is 8.64. The maximum absolute atomic E-state index is 11.5. The van der Waals surface area contributed by atoms with Gasteiger partial charge >= 0.3 is 6.09 Å². The first kappa shape index (κ1) is 19.5. The van der Waals surface area contributed by atoms with Crippen molar-refractivity contribution in [2.24, 2.45) is 0 Å². The summed E-state index contributed by atoms with van der Waals surface area (Å²) in [5.74, 6) is 0.995. The van der Waals surface area contributed by atoms with Crippen LogP contribution < -0.4 is 5.32 Å². The highest BCUT2D eigenvalue weighted by molar-refractivity contribution is 7.73. The van der Waals surface area contributed by atoms with Gasteiger partial charge in [-0.25, -0.2) is 9.48 Å². The number of benzene rings is 1. The van der Waals surface area contributed by atoms with Crippen molar-refractivity contribution >= 4 is 45.7 Å². The molecule has 0 radical (unpaired) electrons. The fraction of sp³-hybridized carbons (Fsp3) is 0.389. The molecule has 0 saturated heterocycles. The molecule has 0 spiro atoms. The molecule has 0 fully saturated rings. The van der Waals surface area contributed by atoms with Gasteiger partial charge in [-0.15, -0.1) is 5.10 Å². The number of aryl methyl sites for hydroxylation is 1. The largest absolute Gasteiger partial charge is 0.461 e. The minimum Gasteiger partial charge on any atom is -0.461 e. The highest BCUT2D eigenvalue weighted by Gasteiger charge is 2.15. The highest BCUT2D eigenvalue weighted by atomic mass is 32.1. The standard InChI is InChI=1S/C18H22N4O3S2/c1-4-14-13(12-8-6-7-9-15(12)25-14)10-21(3)11-22-18(26)27-16(20-22)19-17(23)24-5-2/h6-9H,4-5,10-11H2,1-3H3,(H,19,20,23). The number of rotatable bonds is 7. The number of fused-ring (bicyclic) bond motifs is 1. The molecule has 0 aliphatic carbocycles. The van der Waals surface area contributed by atoms with E-state index >= 15 is 0 Å². The van der Waals surface area contributed by atoms with Crippen LogP contribution in [0.4, 0.5) is 9.93 Å². The van der Waals surface area contributed by atoms with E-state index in [1.807, 2.05) is 25.2 Å². The predicted octanol–water partition coefficient (Wildman–Crippen LogP) is 4.64. The number of carbonyl (C=O) groups is 1. The summed E-state index contributed by atoms with van der Waals surface area (Å²) in [6, 6.07) is 8.06. The number of nitrogens with zero attached hydrogens (tertiary/aromatic N) is 3. The first-order chi connectivity index (χ1) is 13.0. The zero-order valence-corrected chi connectivity index (χ0v) is 17.2. The number of furan rings is 1. The van der Waals surface area contributed by atoms with E-state index in [1.165, 1.54) is 16.9 Å². The molecule has 0 atom stereocenters. The number of ether oxygens (including phenoxy) is 1. The van der Waals surface area contributed by atoms with Crippen LogP contribution in [0.2, 0.25) is 0 Å². The maximum Gasteiger partial charge on any atom is 0.413 e. The van der Waals surface area contributed by atoms with Crippen LogP contribution in [0, 0.1) is 3.95 Å². The van der Waals surface area contributed by atoms with Crippen molar-refractivity contribution < 1.29 is 13.9 Å². The van der Waals surface area contributed by atoms with Gasteiger partial charge in [0.05, 0.1) is 13.3 Å². The molecule has 9 heteroatoms. The van der Waals surface area contributed by atoms with Crippen LogP contribution in [-0.4, -0.2) is 34.4 Å². The molecule has 0 saturated carbocycles. The van der Waals surface area contributed by atoms with E-state index in [4.69, 9.17) is 21.4 Å². The molecular formula is C18H22N4O3S2. The van der Waals surface area contributed by atoms with E-state index in [9.17, 15) is 4.79 Å². The van der Waals surface area contributed by atoms with Gasteiger partial charge in [0.25, 0.3) is 0 Å². The minimum absolute atomic E-state index is 0.305. The van der Waals surface area contributed by atoms with Crippen LogP contribution in [0.25, 0.3) is 11.0 Å². The average Bonchev–Trinajstić information content (AvgIpc) is 3.15. The Bertz CT molecular complexity index is 992. The Morgan fingerprint density at radius 3 is 2.93 bits per heavy atom. The summed E-state index contributed by atoms with van der Waals surface area (Å²) in [6.45, 7) is 5.35. The van der Waals surface area contributed by atoms with Crippen LogP contribution >= 0.6 is 23.6 Å². The summed E-state index contributed by atoms with van der Waals surface area (Å²) in [5.41, 5.74) is 2.09. The molecule has 7 nitrogen and oxygen atoms in total. The molecule has 1 aromatic carbocycles. The second-order valence-electron chi connectivity index (χ2n) is 6.03. The van der Waals surface area contributed by atoms with Crippen molar-refractivity contribution in [3.05, 3.63) is 39.5 Å². The number of hydrogen-bond acceptors (Lipinski definition) is 7. The lowest BCUT2D eigenvalue weighted by molar-refractivity contribution is 0.168. The van der Waals surface area contributed by atoms with Crippen LogP contribution in [0.3, 0.4) is 0 Å². The van der Waals surface area contributed by atoms with Crippen molar-refractivity contribution in [3.63, 3.8) is 0 Å². The quantitative estimate of drug-likeness (QED) is 0.576. The number of carbonyl (C=O) groups excluding carboxylic acids is 1. The van der Waals surface area contributed by atoms with Crippen LogP contribution in [0.5, 0.6) is 0 Å². The third-order valence-electron chi connectivity index (χ3n) is 4.00. The third kappa shape index (κ3) is 4.55. The summed E-state index contributed by atoms with van der Waals surface area (Å²) < 4.78 is 13.1. The fourth-order valence-corrected chi connectivity index (χ4v) is 3.84. The molecule has 0 bridgehead atoms. The SMILES string of the molecule is CCOC(=O)Nc1nn(CN(C)Cc2c(CC)oc3ccccc23)c(=S)s1. The van der Waals surface area contributed by atoms with Crippen LogP contribution in [-0.2, 0) is 24.4 Å². The van der Waals surface area contributed by atoms with Crippen molar-refractivity contribution in [1.82, 2.24) is 14.7 Å². The Hall–Kier alpha value is -2.23. The molecule has 27 heavy (non-hydrogen) atoms. The van der Waals surface area contributed by atoms with Crippen molar-refractivity contribution in [3.8, 4) is 0 Å². The summed E-state index contributed by atoms with van der Waals surface area (Å²) in [5, 5.41) is 8.51. The molecule has 3 rings (SSSR count). The molecule has 2 heterocycles. The molecule has 1 N–H and O–H groups in total. The van der Waals surface area contributed by atoms with E-state index < -0.39 is 6.09 Å². The Labute approximate surface area is 166 Å². The summed E-state index contributed by atoms with van der Waals surface area (Å²) in [7, 11) is 2.00. The van der Waals surface area contributed by atoms with Gasteiger partial charge in [0.2, 0.25) is 5.13 Å². The number of hydrogen-bond donors (Lipinski definition) is 1. The average molecular weight is 407 g/mol. The van der Waals surface area contributed by atoms with Crippen LogP contribution in [0.1, 0.15) is 25.2 Å². The zero-order chi connectivity index (χ0) is 19.4. The smallest absolute Gasteiger partial charge is 0.413 e. The summed E-state index contributed by atoms with van der Waals surface area (Å²) >= 11 is 6.60. The minimum atomic E-state index is -0.529. The van der Waals surface area contributed by atoms with E-state index in [-0.39, 0.29) is 0 Å². The first-order valence-corrected chi connectivity index (χ1v) is 9.93. The van der Waals surface area contributed by atoms with Gasteiger partial charge in [-0.2, -0.15) is 0 Å². The Kier molecular flexibility index (Phi) is 6.25. The molecule has 0 aliphatic rings. The van der Waals surface area contributed by atoms with E-state index in [0.717, 1.165) is 23.2 Å². The van der Waals surface area contributed by atoms with E-state index in [0.29, 0.717) is 28.9 Å². The van der Waals surface area contributed by atoms with Crippen molar-refractivity contribution in [2.75, 3.05) is 19.0 Å². The van der Waals surface area contributed by atoms with Gasteiger partial charge in [-0.05, 0) is 32.3 Å². The molecule has 0 unspecified atom stereocenters. The normalized spacial score (nSPS) is 11.3. The van der Waals surface area contributed by atoms with Gasteiger partial charge < -0.3 is 9.15 Å². The van der Waals surface area contributed by atoms with Gasteiger partial charge in [0, 0.05) is 23.9 Å². The van der Waals surface area contributed by atoms with Gasteiger partial charge in [0.1, 0.15) is 11.3 Å². The van der Waals surface area contributed by atoms with E-state index in [1.54, 1.807) is 11.6 Å². The molecule has 3 aromatic rings. The Morgan fingerprint density at radius 2 is 2.19 bits per heavy atom. The highest BCUT2D eigenvalue weighted by Crippen LogP contribution is 2.27. The lowest BCUT2D eigenvalue weighted by Crippen LogP contribution is -2.23. The molecule has 144 valence electrons. The maximum atomic E-state index is 11.5. The monoisotopic (exact) mass is 406 g/mol. The lowest BCUT2D eigenvalue weighted by atomic mass is 10.1. The van der Waals surface area contributed by atoms with Gasteiger partial charge in [0.15, 0.2) is 3.95 Å². The predicted molar refractivity (Wildman–Crippen MR) is 109 cm³/mol. The number of nitrogens with one attached hydrogen (secondary N) is 1. The molecule has 1 amide bonds. The zero-order valence-electron chi connectivity index (χ0n) is 15.5. The van der Waals surface area contributed by atoms with Crippen LogP contribution in [0.15, 0.2) is 28.7 Å². The van der Waals surface area contributed by atoms with Crippen molar-refractivity contribution in [1.29, 1.82) is 0 Å².